The molecule has 6 N–H and O–H groups in total. The summed E-state index contributed by atoms with van der Waals surface area (Å²) in [5.74, 6) is -1.25. The second-order valence-electron chi connectivity index (χ2n) is 18.0. The van der Waals surface area contributed by atoms with Gasteiger partial charge in [0.15, 0.2) is 12.4 Å². The molecule has 11 nitrogen and oxygen atoms in total. The molecule has 1 fully saturated rings. The van der Waals surface area contributed by atoms with Crippen LogP contribution >= 0.6 is 0 Å². The third-order valence-corrected chi connectivity index (χ3v) is 12.0. The highest BCUT2D eigenvalue weighted by Crippen LogP contribution is 2.26. The largest absolute Gasteiger partial charge is 0.454 e. The quantitative estimate of drug-likeness (QED) is 0.0150. The van der Waals surface area contributed by atoms with E-state index in [4.69, 9.17) is 14.2 Å². The summed E-state index contributed by atoms with van der Waals surface area (Å²) in [6.07, 6.45) is 44.9. The molecule has 1 aliphatic rings. The molecule has 0 aromatic carbocycles. The van der Waals surface area contributed by atoms with Crippen LogP contribution < -0.4 is 5.32 Å². The SMILES string of the molecule is CC\C=C/C=C/C=C/C=C\C=C\C=C\CCCCC(O)C(=O)NC(COC1OC(CO)C(O)C(O)C1OC(=O)CCCCCCCCCCCCC)C(O)/C=C/CCCCCCCCCCC. The van der Waals surface area contributed by atoms with Gasteiger partial charge in [-0.05, 0) is 44.9 Å². The van der Waals surface area contributed by atoms with Crippen LogP contribution in [0.5, 0.6) is 0 Å². The minimum absolute atomic E-state index is 0.116. The number of nitrogens with one attached hydrogen (secondary N) is 1. The fourth-order valence-electron chi connectivity index (χ4n) is 7.74. The Bertz CT molecular complexity index is 1410. The van der Waals surface area contributed by atoms with Gasteiger partial charge >= 0.3 is 5.97 Å². The first kappa shape index (κ1) is 61.9. The maximum absolute atomic E-state index is 13.3. The molecule has 0 saturated carbocycles. The number of unbranched alkanes of at least 4 members (excludes halogenated alkanes) is 21. The van der Waals surface area contributed by atoms with Crippen molar-refractivity contribution in [3.63, 3.8) is 0 Å². The van der Waals surface area contributed by atoms with Crippen molar-refractivity contribution in [3.8, 4) is 0 Å². The van der Waals surface area contributed by atoms with E-state index in [-0.39, 0.29) is 19.4 Å². The number of hydrogen-bond donors (Lipinski definition) is 6. The molecule has 0 aliphatic carbocycles. The zero-order valence-electron chi connectivity index (χ0n) is 42.0. The van der Waals surface area contributed by atoms with Crippen molar-refractivity contribution in [1.29, 1.82) is 0 Å². The number of carbonyl (C=O) groups excluding carboxylic acids is 2. The smallest absolute Gasteiger partial charge is 0.306 e. The van der Waals surface area contributed by atoms with Gasteiger partial charge in [-0.3, -0.25) is 9.59 Å². The lowest BCUT2D eigenvalue weighted by molar-refractivity contribution is -0.305. The Kier molecular flexibility index (Phi) is 40.7. The molecule has 67 heavy (non-hydrogen) atoms. The van der Waals surface area contributed by atoms with Crippen molar-refractivity contribution in [2.24, 2.45) is 0 Å². The van der Waals surface area contributed by atoms with E-state index in [0.29, 0.717) is 12.8 Å². The normalized spacial score (nSPS) is 20.7. The molecule has 1 saturated heterocycles. The number of aliphatic hydroxyl groups excluding tert-OH is 5. The molecule has 0 aromatic heterocycles. The van der Waals surface area contributed by atoms with Crippen molar-refractivity contribution < 1.29 is 49.3 Å². The second-order valence-corrected chi connectivity index (χ2v) is 18.0. The van der Waals surface area contributed by atoms with E-state index in [0.717, 1.165) is 64.2 Å². The number of ether oxygens (including phenoxy) is 3. The fraction of sp³-hybridized carbons (Fsp3) is 0.714. The van der Waals surface area contributed by atoms with Crippen LogP contribution in [0.2, 0.25) is 0 Å². The van der Waals surface area contributed by atoms with E-state index >= 15 is 0 Å². The van der Waals surface area contributed by atoms with Gasteiger partial charge in [-0.15, -0.1) is 0 Å². The van der Waals surface area contributed by atoms with Crippen LogP contribution in [0.25, 0.3) is 0 Å². The third-order valence-electron chi connectivity index (χ3n) is 12.0. The number of amides is 1. The second kappa shape index (κ2) is 44.1. The predicted molar refractivity (Wildman–Crippen MR) is 273 cm³/mol. The van der Waals surface area contributed by atoms with E-state index in [1.54, 1.807) is 6.08 Å². The zero-order valence-corrected chi connectivity index (χ0v) is 42.0. The Morgan fingerprint density at radius 2 is 1.07 bits per heavy atom. The predicted octanol–water partition coefficient (Wildman–Crippen LogP) is 11.0. The molecule has 1 amide bonds. The van der Waals surface area contributed by atoms with Gasteiger partial charge in [-0.2, -0.15) is 0 Å². The first-order valence-electron chi connectivity index (χ1n) is 26.4. The standard InChI is InChI=1S/C56H95NO10/c1-4-7-10-13-16-19-22-23-24-25-26-29-31-34-37-40-43-49(60)55(64)57-47(48(59)42-39-36-33-30-27-20-17-14-11-8-5-2)46-65-56-54(53(63)52(62)50(45-58)66-56)67-51(61)44-41-38-35-32-28-21-18-15-12-9-6-3/h7,10,13,16,19,22-26,29,31,39,42,47-50,52-54,56,58-60,62-63H,4-6,8-9,11-12,14-15,17-18,20-21,27-28,30,32-38,40-41,43-46H2,1-3H3,(H,57,64)/b10-7-,16-13+,22-19+,24-23-,26-25+,31-29+,42-39+. The number of esters is 1. The highest BCUT2D eigenvalue weighted by molar-refractivity contribution is 5.80. The minimum Gasteiger partial charge on any atom is -0.454 e. The lowest BCUT2D eigenvalue weighted by Gasteiger charge is -2.41. The van der Waals surface area contributed by atoms with Crippen LogP contribution in [0.4, 0.5) is 0 Å². The van der Waals surface area contributed by atoms with Crippen molar-refractivity contribution in [2.45, 2.75) is 243 Å². The molecule has 8 unspecified atom stereocenters. The summed E-state index contributed by atoms with van der Waals surface area (Å²) in [5, 5.41) is 56.5. The molecular weight excluding hydrogens is 847 g/mol. The number of allylic oxidation sites excluding steroid dienone is 13. The molecule has 0 spiro atoms. The number of hydrogen-bond acceptors (Lipinski definition) is 10. The van der Waals surface area contributed by atoms with Gasteiger partial charge in [0, 0.05) is 6.42 Å². The van der Waals surface area contributed by atoms with Crippen LogP contribution in [0, 0.1) is 0 Å². The number of carbonyl (C=O) groups is 2. The minimum atomic E-state index is -1.62. The molecule has 1 aliphatic heterocycles. The maximum atomic E-state index is 13.3. The van der Waals surface area contributed by atoms with Gasteiger partial charge in [0.1, 0.15) is 24.4 Å². The van der Waals surface area contributed by atoms with E-state index in [1.807, 2.05) is 72.9 Å². The van der Waals surface area contributed by atoms with E-state index in [2.05, 4.69) is 32.2 Å². The molecule has 0 bridgehead atoms. The highest BCUT2D eigenvalue weighted by atomic mass is 16.7. The Morgan fingerprint density at radius 1 is 0.597 bits per heavy atom. The Hall–Kier alpha value is -3.16. The Morgan fingerprint density at radius 3 is 1.61 bits per heavy atom. The summed E-state index contributed by atoms with van der Waals surface area (Å²) >= 11 is 0. The third kappa shape index (κ3) is 33.1. The van der Waals surface area contributed by atoms with E-state index < -0.39 is 67.4 Å². The summed E-state index contributed by atoms with van der Waals surface area (Å²) < 4.78 is 17.5. The molecule has 1 rings (SSSR count). The van der Waals surface area contributed by atoms with Crippen LogP contribution in [0.15, 0.2) is 85.1 Å². The fourth-order valence-corrected chi connectivity index (χ4v) is 7.74. The van der Waals surface area contributed by atoms with E-state index in [9.17, 15) is 35.1 Å². The van der Waals surface area contributed by atoms with Gasteiger partial charge in [0.05, 0.1) is 25.4 Å². The maximum Gasteiger partial charge on any atom is 0.306 e. The van der Waals surface area contributed by atoms with E-state index in [1.165, 1.54) is 83.5 Å². The van der Waals surface area contributed by atoms with Crippen molar-refractivity contribution in [1.82, 2.24) is 5.32 Å². The highest BCUT2D eigenvalue weighted by Gasteiger charge is 2.47. The average molecular weight is 942 g/mol. The molecule has 0 aromatic rings. The van der Waals surface area contributed by atoms with Crippen molar-refractivity contribution >= 4 is 11.9 Å². The molecule has 11 heteroatoms. The molecule has 8 atom stereocenters. The summed E-state index contributed by atoms with van der Waals surface area (Å²) in [4.78, 5) is 26.3. The Labute approximate surface area is 406 Å². The topological polar surface area (TPSA) is 175 Å². The van der Waals surface area contributed by atoms with Gasteiger partial charge in [0.25, 0.3) is 0 Å². The summed E-state index contributed by atoms with van der Waals surface area (Å²) in [5.41, 5.74) is 0. The van der Waals surface area contributed by atoms with Crippen LogP contribution in [-0.2, 0) is 23.8 Å². The van der Waals surface area contributed by atoms with Crippen LogP contribution in [-0.4, -0.2) is 99.6 Å². The molecule has 1 heterocycles. The monoisotopic (exact) mass is 942 g/mol. The van der Waals surface area contributed by atoms with Gasteiger partial charge < -0.3 is 45.1 Å². The lowest BCUT2D eigenvalue weighted by atomic mass is 9.99. The van der Waals surface area contributed by atoms with Crippen molar-refractivity contribution in [2.75, 3.05) is 13.2 Å². The molecular formula is C56H95NO10. The first-order valence-corrected chi connectivity index (χ1v) is 26.4. The van der Waals surface area contributed by atoms with Gasteiger partial charge in [0.2, 0.25) is 5.91 Å². The number of rotatable bonds is 42. The summed E-state index contributed by atoms with van der Waals surface area (Å²) in [7, 11) is 0. The lowest BCUT2D eigenvalue weighted by Crippen LogP contribution is -2.61. The first-order chi connectivity index (χ1) is 32.7. The summed E-state index contributed by atoms with van der Waals surface area (Å²) in [6.45, 7) is 5.55. The van der Waals surface area contributed by atoms with Gasteiger partial charge in [-0.1, -0.05) is 228 Å². The van der Waals surface area contributed by atoms with Crippen LogP contribution in [0.3, 0.4) is 0 Å². The Balaban J connectivity index is 2.82. The van der Waals surface area contributed by atoms with Crippen molar-refractivity contribution in [3.05, 3.63) is 85.1 Å². The average Bonchev–Trinajstić information content (AvgIpc) is 3.32. The summed E-state index contributed by atoms with van der Waals surface area (Å²) in [6, 6.07) is -1.05. The van der Waals surface area contributed by atoms with Crippen LogP contribution in [0.1, 0.15) is 194 Å². The van der Waals surface area contributed by atoms with Gasteiger partial charge in [-0.25, -0.2) is 0 Å². The zero-order chi connectivity index (χ0) is 49.0. The molecule has 0 radical (unpaired) electrons. The number of aliphatic hydroxyl groups is 5. The molecule has 384 valence electrons.